The van der Waals surface area contributed by atoms with E-state index in [1.54, 1.807) is 6.92 Å². The zero-order valence-electron chi connectivity index (χ0n) is 6.30. The van der Waals surface area contributed by atoms with Crippen LogP contribution < -0.4 is 56.1 Å². The van der Waals surface area contributed by atoms with Crippen LogP contribution in [0.5, 0.6) is 0 Å². The van der Waals surface area contributed by atoms with Crippen LogP contribution in [-0.4, -0.2) is 5.91 Å². The molecule has 1 aliphatic rings. The number of carbonyl (C=O) groups is 1. The average Bonchev–Trinajstić information content (AvgIpc) is 1.64. The Balaban J connectivity index is 0. The van der Waals surface area contributed by atoms with Gasteiger partial charge in [0.2, 0.25) is 0 Å². The summed E-state index contributed by atoms with van der Waals surface area (Å²) in [4.78, 5) is 10.4. The number of hydrogen-bond acceptors (Lipinski definition) is 3. The molecule has 5 heteroatoms. The largest absolute Gasteiger partial charge is 1.00 e. The van der Waals surface area contributed by atoms with E-state index in [1.807, 2.05) is 0 Å². The van der Waals surface area contributed by atoms with Crippen molar-refractivity contribution in [1.82, 2.24) is 4.72 Å². The Morgan fingerprint density at radius 3 is 2.89 bits per heavy atom. The van der Waals surface area contributed by atoms with Gasteiger partial charge in [0.1, 0.15) is 5.76 Å². The van der Waals surface area contributed by atoms with Crippen molar-refractivity contribution in [2.75, 3.05) is 0 Å². The van der Waals surface area contributed by atoms with Gasteiger partial charge in [-0.25, -0.2) is 0 Å². The van der Waals surface area contributed by atoms with Gasteiger partial charge in [-0.2, -0.15) is 0 Å². The summed E-state index contributed by atoms with van der Waals surface area (Å²) in [7, 11) is 0. The molecule has 0 fully saturated rings. The number of nitrogens with one attached hydrogen (secondary N) is 1. The Kier molecular flexibility index (Phi) is 5.28. The van der Waals surface area contributed by atoms with Crippen LogP contribution in [0.1, 0.15) is 8.35 Å². The van der Waals surface area contributed by atoms with Crippen LogP contribution in [-0.2, 0) is 8.98 Å². The third kappa shape index (κ3) is 3.64. The second-order valence-electron chi connectivity index (χ2n) is 1.39. The average molecular weight is 171 g/mol. The molecule has 1 amide bonds. The number of allylic oxidation sites excluding steroid dienone is 1. The molecule has 1 N–H and O–H groups in total. The minimum absolute atomic E-state index is 0. The quantitative estimate of drug-likeness (QED) is 0.253. The molecule has 9 heavy (non-hydrogen) atoms. The smallest absolute Gasteiger partial charge is 1.00 e. The number of amides is 1. The van der Waals surface area contributed by atoms with Gasteiger partial charge >= 0.3 is 51.4 Å². The second kappa shape index (κ2) is 4.76. The first-order valence-electron chi connectivity index (χ1n) is 2.11. The van der Waals surface area contributed by atoms with Crippen LogP contribution >= 0.6 is 12.2 Å². The summed E-state index contributed by atoms with van der Waals surface area (Å²) in [6.07, 6.45) is 1.40. The molecule has 0 spiro atoms. The molecule has 0 atom stereocenters. The molecule has 0 bridgehead atoms. The third-order valence-corrected chi connectivity index (χ3v) is 1.28. The van der Waals surface area contributed by atoms with E-state index in [1.165, 1.54) is 6.08 Å². The van der Waals surface area contributed by atoms with E-state index in [0.29, 0.717) is 5.76 Å². The van der Waals surface area contributed by atoms with E-state index in [9.17, 15) is 4.79 Å². The summed E-state index contributed by atoms with van der Waals surface area (Å²) in [5.41, 5.74) is 0. The Morgan fingerprint density at radius 2 is 2.56 bits per heavy atom. The minimum atomic E-state index is -0.112. The fraction of sp³-hybridized carbons (Fsp3) is 0.250. The fourth-order valence-electron chi connectivity index (χ4n) is 0.366. The van der Waals surface area contributed by atoms with Crippen LogP contribution in [0.2, 0.25) is 0 Å². The molecule has 0 unspecified atom stereocenters. The van der Waals surface area contributed by atoms with Crippen LogP contribution in [0.3, 0.4) is 0 Å². The molecule has 1 heterocycles. The molecule has 3 nitrogen and oxygen atoms in total. The van der Waals surface area contributed by atoms with Crippen molar-refractivity contribution in [1.29, 1.82) is 0 Å². The Morgan fingerprint density at radius 1 is 1.89 bits per heavy atom. The summed E-state index contributed by atoms with van der Waals surface area (Å²) in [6, 6.07) is 0. The maximum absolute atomic E-state index is 10.4. The molecular weight excluding hydrogens is 165 g/mol. The Labute approximate surface area is 102 Å². The maximum Gasteiger partial charge on any atom is 1.00 e. The molecule has 0 aromatic heterocycles. The van der Waals surface area contributed by atoms with E-state index in [0.717, 1.165) is 12.2 Å². The Hall–Kier alpha value is 0.996. The van der Waals surface area contributed by atoms with E-state index >= 15 is 0 Å². The first-order chi connectivity index (χ1) is 3.79. The van der Waals surface area contributed by atoms with Crippen molar-refractivity contribution < 1.29 is 61.8 Å². The number of rotatable bonds is 0. The van der Waals surface area contributed by atoms with Gasteiger partial charge in [-0.15, -0.1) is 0 Å². The first kappa shape index (κ1) is 10.00. The topological polar surface area (TPSA) is 38.3 Å². The molecule has 0 saturated carbocycles. The predicted octanol–water partition coefficient (Wildman–Crippen LogP) is -2.28. The molecule has 0 saturated heterocycles. The van der Waals surface area contributed by atoms with Gasteiger partial charge in [-0.1, -0.05) is 0 Å². The summed E-state index contributed by atoms with van der Waals surface area (Å²) in [6.45, 7) is 1.73. The molecule has 0 aliphatic carbocycles. The zero-order valence-corrected chi connectivity index (χ0v) is 9.24. The van der Waals surface area contributed by atoms with Crippen LogP contribution in [0.25, 0.3) is 0 Å². The van der Waals surface area contributed by atoms with E-state index < -0.39 is 0 Å². The number of hydrogen-bond donors (Lipinski definition) is 1. The van der Waals surface area contributed by atoms with Crippen molar-refractivity contribution >= 4 is 18.1 Å². The van der Waals surface area contributed by atoms with E-state index in [2.05, 4.69) is 4.72 Å². The first-order valence-corrected chi connectivity index (χ1v) is 2.85. The summed E-state index contributed by atoms with van der Waals surface area (Å²) in [5, 5.41) is 0. The second-order valence-corrected chi connectivity index (χ2v) is 1.93. The maximum atomic E-state index is 10.4. The monoisotopic (exact) mass is 171 g/mol. The van der Waals surface area contributed by atoms with Gasteiger partial charge in [-0.05, 0) is 6.92 Å². The molecule has 0 radical (unpaired) electrons. The van der Waals surface area contributed by atoms with Gasteiger partial charge < -0.3 is 5.61 Å². The van der Waals surface area contributed by atoms with Gasteiger partial charge in [-0.3, -0.25) is 9.52 Å². The van der Waals surface area contributed by atoms with Crippen LogP contribution in [0, 0.1) is 0 Å². The van der Waals surface area contributed by atoms with E-state index in [4.69, 9.17) is 4.18 Å². The van der Waals surface area contributed by atoms with Crippen molar-refractivity contribution in [3.63, 3.8) is 0 Å². The van der Waals surface area contributed by atoms with Crippen LogP contribution in [0.4, 0.5) is 0 Å². The summed E-state index contributed by atoms with van der Waals surface area (Å²) >= 11 is 0.943. The van der Waals surface area contributed by atoms with Crippen molar-refractivity contribution in [2.24, 2.45) is 0 Å². The van der Waals surface area contributed by atoms with Gasteiger partial charge in [0.15, 0.2) is 12.2 Å². The van der Waals surface area contributed by atoms with E-state index in [-0.39, 0.29) is 58.7 Å². The molecule has 1 aliphatic heterocycles. The molecule has 0 aromatic carbocycles. The SMILES string of the molecule is CC1=CC(=O)NSO1.[H-].[K+]. The zero-order chi connectivity index (χ0) is 5.98. The normalized spacial score (nSPS) is 16.6. The molecule has 0 aromatic rings. The Bertz CT molecular complexity index is 152. The number of carbonyl (C=O) groups excluding carboxylic acids is 1. The van der Waals surface area contributed by atoms with Gasteiger partial charge in [0.05, 0.1) is 0 Å². The standard InChI is InChI=1S/C4H5NO2S.K.H/c1-3-2-4(6)5-8-7-3;;/h2H,1H3,(H,5,6);;/q;+1;-1. The molecular formula is C4H6KNO2S. The third-order valence-electron chi connectivity index (χ3n) is 0.650. The van der Waals surface area contributed by atoms with Crippen LogP contribution in [0.15, 0.2) is 11.8 Å². The van der Waals surface area contributed by atoms with Crippen molar-refractivity contribution in [3.05, 3.63) is 11.8 Å². The van der Waals surface area contributed by atoms with Gasteiger partial charge in [0, 0.05) is 6.08 Å². The summed E-state index contributed by atoms with van der Waals surface area (Å²) in [5.74, 6) is 0.525. The minimum Gasteiger partial charge on any atom is -1.00 e. The predicted molar refractivity (Wildman–Crippen MR) is 31.7 cm³/mol. The molecule has 1 rings (SSSR count). The molecule has 46 valence electrons. The van der Waals surface area contributed by atoms with Crippen molar-refractivity contribution in [2.45, 2.75) is 6.92 Å². The fourth-order valence-corrected chi connectivity index (χ4v) is 0.728. The van der Waals surface area contributed by atoms with Crippen molar-refractivity contribution in [3.8, 4) is 0 Å². The summed E-state index contributed by atoms with van der Waals surface area (Å²) < 4.78 is 7.19. The van der Waals surface area contributed by atoms with Gasteiger partial charge in [0.25, 0.3) is 5.91 Å².